The quantitative estimate of drug-likeness (QED) is 0.322. The number of ether oxygens (including phenoxy) is 2. The summed E-state index contributed by atoms with van der Waals surface area (Å²) in [6.07, 6.45) is -5.23. The normalized spacial score (nSPS) is 19.6. The molecule has 6 rings (SSSR count). The average molecular weight is 635 g/mol. The third kappa shape index (κ3) is 5.07. The summed E-state index contributed by atoms with van der Waals surface area (Å²) in [7, 11) is -4.26. The number of benzene rings is 2. The number of alkyl halides is 3. The Bertz CT molecular complexity index is 1930. The molecule has 44 heavy (non-hydrogen) atoms. The molecule has 1 aliphatic heterocycles. The van der Waals surface area contributed by atoms with Crippen molar-refractivity contribution >= 4 is 43.6 Å². The van der Waals surface area contributed by atoms with Gasteiger partial charge in [0.1, 0.15) is 11.5 Å². The smallest absolute Gasteiger partial charge is 0.406 e. The van der Waals surface area contributed by atoms with Crippen LogP contribution in [0.5, 0.6) is 5.75 Å². The van der Waals surface area contributed by atoms with Crippen LogP contribution >= 0.6 is 0 Å². The van der Waals surface area contributed by atoms with Crippen LogP contribution in [0, 0.1) is 13.8 Å². The second-order valence-corrected chi connectivity index (χ2v) is 13.4. The molecule has 2 N–H and O–H groups in total. The Kier molecular flexibility index (Phi) is 6.96. The lowest BCUT2D eigenvalue weighted by Gasteiger charge is -2.35. The molecule has 2 amide bonds. The summed E-state index contributed by atoms with van der Waals surface area (Å²) in [5.74, 6) is -2.02. The van der Waals surface area contributed by atoms with Crippen molar-refractivity contribution in [2.24, 2.45) is 5.73 Å². The lowest BCUT2D eigenvalue weighted by atomic mass is 9.96. The summed E-state index contributed by atoms with van der Waals surface area (Å²) in [6.45, 7) is 7.14. The van der Waals surface area contributed by atoms with Crippen LogP contribution in [0.1, 0.15) is 58.9 Å². The molecule has 3 heterocycles. The number of carbonyl (C=O) groups excluding carboxylic acids is 2. The number of nitrogens with zero attached hydrogens (tertiary/aromatic N) is 3. The van der Waals surface area contributed by atoms with Gasteiger partial charge < -0.3 is 24.6 Å². The van der Waals surface area contributed by atoms with E-state index in [2.05, 4.69) is 9.89 Å². The Morgan fingerprint density at radius 1 is 1.05 bits per heavy atom. The molecule has 15 heteroatoms. The van der Waals surface area contributed by atoms with E-state index in [-0.39, 0.29) is 58.2 Å². The van der Waals surface area contributed by atoms with Crippen LogP contribution in [0.2, 0.25) is 0 Å². The summed E-state index contributed by atoms with van der Waals surface area (Å²) < 4.78 is 84.6. The van der Waals surface area contributed by atoms with Crippen molar-refractivity contribution in [1.29, 1.82) is 0 Å². The maximum absolute atomic E-state index is 14.2. The minimum absolute atomic E-state index is 0.0339. The molecule has 1 saturated carbocycles. The Hall–Kier alpha value is -4.11. The highest BCUT2D eigenvalue weighted by Crippen LogP contribution is 2.44. The van der Waals surface area contributed by atoms with Crippen LogP contribution in [0.25, 0.3) is 32.9 Å². The van der Waals surface area contributed by atoms with Crippen LogP contribution in [0.15, 0.2) is 28.8 Å². The fourth-order valence-electron chi connectivity index (χ4n) is 6.09. The number of aromatic nitrogens is 2. The highest BCUT2D eigenvalue weighted by atomic mass is 32.2. The molecule has 2 atom stereocenters. The minimum Gasteiger partial charge on any atom is -0.406 e. The van der Waals surface area contributed by atoms with Gasteiger partial charge in [-0.1, -0.05) is 5.16 Å². The molecule has 0 spiro atoms. The number of carbonyl (C=O) groups is 2. The van der Waals surface area contributed by atoms with E-state index in [1.54, 1.807) is 33.8 Å². The van der Waals surface area contributed by atoms with Gasteiger partial charge in [0, 0.05) is 35.5 Å². The van der Waals surface area contributed by atoms with Crippen molar-refractivity contribution in [3.8, 4) is 16.9 Å². The van der Waals surface area contributed by atoms with E-state index in [4.69, 9.17) is 15.0 Å². The summed E-state index contributed by atoms with van der Waals surface area (Å²) in [6, 6.07) is 4.84. The summed E-state index contributed by atoms with van der Waals surface area (Å²) in [5.41, 5.74) is 6.37. The molecule has 0 bridgehead atoms. The number of halogens is 3. The zero-order valence-electron chi connectivity index (χ0n) is 24.2. The SMILES string of the molecule is Cc1noc(C)c1-c1cc(C(N)=O)c2c(c1)c1c(C(=O)N3C[C@@H](C)O[C@@H](C)C3)cc(OC(F)(F)F)cc1n2S(=O)(=O)C1CC1. The third-order valence-corrected chi connectivity index (χ3v) is 10.1. The molecular formula is C29H29F3N4O7S. The number of fused-ring (bicyclic) bond motifs is 3. The topological polar surface area (TPSA) is 147 Å². The Morgan fingerprint density at radius 3 is 2.25 bits per heavy atom. The molecule has 1 saturated heterocycles. The molecule has 0 radical (unpaired) electrons. The highest BCUT2D eigenvalue weighted by molar-refractivity contribution is 7.91. The number of hydrogen-bond acceptors (Lipinski definition) is 8. The molecule has 2 aliphatic rings. The average Bonchev–Trinajstić information content (AvgIpc) is 3.65. The summed E-state index contributed by atoms with van der Waals surface area (Å²) in [5, 5.41) is 3.29. The van der Waals surface area contributed by atoms with Gasteiger partial charge in [-0.25, -0.2) is 12.4 Å². The number of aryl methyl sites for hydroxylation is 2. The molecular weight excluding hydrogens is 605 g/mol. The fourth-order valence-corrected chi connectivity index (χ4v) is 7.99. The van der Waals surface area contributed by atoms with E-state index in [1.807, 2.05) is 0 Å². The van der Waals surface area contributed by atoms with Crippen molar-refractivity contribution in [3.05, 3.63) is 46.8 Å². The number of hydrogen-bond donors (Lipinski definition) is 1. The monoisotopic (exact) mass is 634 g/mol. The van der Waals surface area contributed by atoms with Crippen LogP contribution < -0.4 is 10.5 Å². The molecule has 1 aliphatic carbocycles. The number of morpholine rings is 1. The van der Waals surface area contributed by atoms with Crippen molar-refractivity contribution in [2.75, 3.05) is 13.1 Å². The number of primary amides is 1. The van der Waals surface area contributed by atoms with Gasteiger partial charge in [0.25, 0.3) is 11.8 Å². The predicted molar refractivity (Wildman–Crippen MR) is 153 cm³/mol. The van der Waals surface area contributed by atoms with E-state index < -0.39 is 39.2 Å². The van der Waals surface area contributed by atoms with E-state index in [0.29, 0.717) is 35.4 Å². The second kappa shape index (κ2) is 10.2. The van der Waals surface area contributed by atoms with Crippen molar-refractivity contribution in [2.45, 2.75) is 64.4 Å². The van der Waals surface area contributed by atoms with Crippen molar-refractivity contribution < 1.29 is 45.2 Å². The van der Waals surface area contributed by atoms with Gasteiger partial charge in [-0.05, 0) is 64.3 Å². The zero-order valence-corrected chi connectivity index (χ0v) is 25.0. The van der Waals surface area contributed by atoms with Gasteiger partial charge in [0.2, 0.25) is 10.0 Å². The van der Waals surface area contributed by atoms with Gasteiger partial charge in [-0.3, -0.25) is 9.59 Å². The van der Waals surface area contributed by atoms with E-state index in [9.17, 15) is 31.2 Å². The van der Waals surface area contributed by atoms with Crippen molar-refractivity contribution in [3.63, 3.8) is 0 Å². The van der Waals surface area contributed by atoms with Gasteiger partial charge in [-0.15, -0.1) is 13.2 Å². The maximum Gasteiger partial charge on any atom is 0.573 e. The van der Waals surface area contributed by atoms with Gasteiger partial charge in [0.15, 0.2) is 0 Å². The highest BCUT2D eigenvalue weighted by Gasteiger charge is 2.41. The van der Waals surface area contributed by atoms with E-state index in [0.717, 1.165) is 16.1 Å². The Labute approximate surface area is 249 Å². The van der Waals surface area contributed by atoms with Crippen LogP contribution in [-0.2, 0) is 14.8 Å². The first kappa shape index (κ1) is 29.9. The Balaban J connectivity index is 1.77. The first-order valence-electron chi connectivity index (χ1n) is 13.9. The number of rotatable bonds is 6. The molecule has 2 fully saturated rings. The molecule has 2 aromatic carbocycles. The number of amides is 2. The second-order valence-electron chi connectivity index (χ2n) is 11.4. The first-order valence-corrected chi connectivity index (χ1v) is 15.4. The summed E-state index contributed by atoms with van der Waals surface area (Å²) >= 11 is 0. The Morgan fingerprint density at radius 2 is 1.70 bits per heavy atom. The summed E-state index contributed by atoms with van der Waals surface area (Å²) in [4.78, 5) is 28.6. The third-order valence-electron chi connectivity index (χ3n) is 7.85. The zero-order chi connectivity index (χ0) is 31.9. The minimum atomic E-state index is -5.14. The van der Waals surface area contributed by atoms with Gasteiger partial charge in [0.05, 0.1) is 45.3 Å². The number of nitrogens with two attached hydrogens (primary N) is 1. The predicted octanol–water partition coefficient (Wildman–Crippen LogP) is 4.65. The fraction of sp³-hybridized carbons (Fsp3) is 0.414. The van der Waals surface area contributed by atoms with Crippen LogP contribution in [-0.4, -0.2) is 71.2 Å². The maximum atomic E-state index is 14.2. The van der Waals surface area contributed by atoms with Crippen molar-refractivity contribution in [1.82, 2.24) is 14.0 Å². The van der Waals surface area contributed by atoms with E-state index >= 15 is 0 Å². The molecule has 11 nitrogen and oxygen atoms in total. The lowest BCUT2D eigenvalue weighted by molar-refractivity contribution is -0.274. The van der Waals surface area contributed by atoms with Crippen LogP contribution in [0.4, 0.5) is 13.2 Å². The van der Waals surface area contributed by atoms with Crippen LogP contribution in [0.3, 0.4) is 0 Å². The van der Waals surface area contributed by atoms with Gasteiger partial charge >= 0.3 is 6.36 Å². The molecule has 234 valence electrons. The standard InChI is InChI=1S/C29H29F3N4O7S/c1-13-11-35(12-14(2)41-13)28(38)21-9-18(42-29(30,31)32)10-23-25(21)20-7-17(24-15(3)34-43-16(24)4)8-22(27(33)37)26(20)36(23)44(39,40)19-5-6-19/h7-10,13-14,19H,5-6,11-12H2,1-4H3,(H2,33,37)/t13-,14+. The van der Waals surface area contributed by atoms with E-state index in [1.165, 1.54) is 11.0 Å². The molecule has 4 aromatic rings. The molecule has 2 aromatic heterocycles. The lowest BCUT2D eigenvalue weighted by Crippen LogP contribution is -2.48. The largest absolute Gasteiger partial charge is 0.573 e. The molecule has 0 unspecified atom stereocenters. The first-order chi connectivity index (χ1) is 20.6. The van der Waals surface area contributed by atoms with Gasteiger partial charge in [-0.2, -0.15) is 0 Å².